The molecule has 0 aromatic heterocycles. The van der Waals surface area contributed by atoms with Crippen molar-refractivity contribution in [3.05, 3.63) is 0 Å². The third kappa shape index (κ3) is 10.8. The molecule has 0 fully saturated rings. The normalized spacial score (nSPS) is 5.71. The maximum Gasteiger partial charge on any atom is 0.236 e. The smallest absolute Gasteiger partial charge is 0.236 e. The Balaban J connectivity index is 0. The summed E-state index contributed by atoms with van der Waals surface area (Å²) in [4.78, 5) is 12.2. The minimum absolute atomic E-state index is 0. The molecule has 43 valence electrons. The van der Waals surface area contributed by atoms with Crippen LogP contribution in [-0.2, 0) is 21.6 Å². The molecule has 4 N–H and O–H groups in total. The second-order valence-electron chi connectivity index (χ2n) is 0.659. The second kappa shape index (κ2) is 5.45. The number of carbonyl (C=O) groups excluding carboxylic acids is 1. The van der Waals surface area contributed by atoms with Gasteiger partial charge in [0, 0.05) is 16.8 Å². The molecule has 0 bridgehead atoms. The van der Waals surface area contributed by atoms with E-state index in [1.54, 1.807) is 0 Å². The number of hydrogen-bond donors (Lipinski definition) is 2. The van der Waals surface area contributed by atoms with Gasteiger partial charge < -0.3 is 11.5 Å². The Kier molecular flexibility index (Phi) is 7.53. The van der Waals surface area contributed by atoms with Gasteiger partial charge >= 0.3 is 0 Å². The van der Waals surface area contributed by atoms with Gasteiger partial charge in [0.05, 0.1) is 0 Å². The average molecular weight is 146 g/mol. The number of amides is 1. The van der Waals surface area contributed by atoms with E-state index in [2.05, 4.69) is 4.99 Å². The summed E-state index contributed by atoms with van der Waals surface area (Å²) in [6.07, 6.45) is 0.287. The SMILES string of the molecule is NC(N)=NC=O.[Co]. The predicted molar refractivity (Wildman–Crippen MR) is 21.9 cm³/mol. The molecule has 0 aliphatic carbocycles. The molecule has 0 aromatic carbocycles. The first-order chi connectivity index (χ1) is 2.77. The molecule has 0 atom stereocenters. The zero-order chi connectivity index (χ0) is 4.99. The topological polar surface area (TPSA) is 81.5 Å². The Bertz CT molecular complexity index is 77.0. The van der Waals surface area contributed by atoms with E-state index in [1.165, 1.54) is 0 Å². The third-order valence-electron chi connectivity index (χ3n) is 0.202. The average Bonchev–Trinajstić information content (AvgIpc) is 1.35. The van der Waals surface area contributed by atoms with Crippen molar-refractivity contribution < 1.29 is 21.6 Å². The summed E-state index contributed by atoms with van der Waals surface area (Å²) in [7, 11) is 0. The van der Waals surface area contributed by atoms with E-state index in [1.807, 2.05) is 0 Å². The molecule has 7 heavy (non-hydrogen) atoms. The van der Waals surface area contributed by atoms with Crippen LogP contribution in [0.1, 0.15) is 0 Å². The molecule has 0 rings (SSSR count). The Labute approximate surface area is 51.2 Å². The molecule has 0 saturated carbocycles. The molecule has 1 radical (unpaired) electrons. The van der Waals surface area contributed by atoms with Crippen molar-refractivity contribution >= 4 is 12.4 Å². The van der Waals surface area contributed by atoms with Gasteiger partial charge in [-0.25, -0.2) is 0 Å². The maximum atomic E-state index is 9.27. The van der Waals surface area contributed by atoms with Gasteiger partial charge in [0.1, 0.15) is 0 Å². The molecule has 0 aliphatic rings. The number of nitrogens with zero attached hydrogens (tertiary/aromatic N) is 1. The number of hydrogen-bond acceptors (Lipinski definition) is 1. The van der Waals surface area contributed by atoms with E-state index in [4.69, 9.17) is 11.5 Å². The molecule has 0 spiro atoms. The van der Waals surface area contributed by atoms with Gasteiger partial charge in [0.15, 0.2) is 5.96 Å². The zero-order valence-corrected chi connectivity index (χ0v) is 4.46. The standard InChI is InChI=1S/C2H5N3O.Co/c3-2(4)5-1-6;/h1H,(H4,3,4,5,6);. The van der Waals surface area contributed by atoms with Crippen LogP contribution in [0.5, 0.6) is 0 Å². The number of aliphatic imine (C=N–C) groups is 1. The zero-order valence-electron chi connectivity index (χ0n) is 3.42. The second-order valence-corrected chi connectivity index (χ2v) is 0.659. The molecule has 4 nitrogen and oxygen atoms in total. The molecule has 0 aromatic rings. The van der Waals surface area contributed by atoms with Crippen molar-refractivity contribution in [2.45, 2.75) is 0 Å². The van der Waals surface area contributed by atoms with Crippen LogP contribution in [0, 0.1) is 0 Å². The van der Waals surface area contributed by atoms with Crippen LogP contribution in [0.25, 0.3) is 0 Å². The van der Waals surface area contributed by atoms with Crippen molar-refractivity contribution in [1.29, 1.82) is 0 Å². The summed E-state index contributed by atoms with van der Waals surface area (Å²) < 4.78 is 0. The summed E-state index contributed by atoms with van der Waals surface area (Å²) >= 11 is 0. The van der Waals surface area contributed by atoms with E-state index in [9.17, 15) is 4.79 Å². The van der Waals surface area contributed by atoms with Gasteiger partial charge in [0.2, 0.25) is 6.41 Å². The van der Waals surface area contributed by atoms with Crippen molar-refractivity contribution in [2.75, 3.05) is 0 Å². The molecule has 5 heteroatoms. The Morgan fingerprint density at radius 2 is 2.00 bits per heavy atom. The van der Waals surface area contributed by atoms with Crippen LogP contribution in [0.2, 0.25) is 0 Å². The summed E-state index contributed by atoms with van der Waals surface area (Å²) in [6, 6.07) is 0. The molecule has 1 amide bonds. The van der Waals surface area contributed by atoms with Crippen LogP contribution in [-0.4, -0.2) is 12.4 Å². The molecule has 0 saturated heterocycles. The quantitative estimate of drug-likeness (QED) is 0.266. The van der Waals surface area contributed by atoms with Crippen LogP contribution in [0.3, 0.4) is 0 Å². The fourth-order valence-corrected chi connectivity index (χ4v) is 0.0609. The maximum absolute atomic E-state index is 9.27. The summed E-state index contributed by atoms with van der Waals surface area (Å²) in [5.41, 5.74) is 9.40. The first kappa shape index (κ1) is 9.67. The van der Waals surface area contributed by atoms with Crippen molar-refractivity contribution in [2.24, 2.45) is 16.5 Å². The molecular formula is C2H5CoN3O. The summed E-state index contributed by atoms with van der Waals surface area (Å²) in [5, 5.41) is 0. The minimum atomic E-state index is -0.204. The van der Waals surface area contributed by atoms with Crippen LogP contribution < -0.4 is 11.5 Å². The van der Waals surface area contributed by atoms with Gasteiger partial charge in [-0.1, -0.05) is 0 Å². The number of nitrogens with two attached hydrogens (primary N) is 2. The Morgan fingerprint density at radius 1 is 1.57 bits per heavy atom. The largest absolute Gasteiger partial charge is 0.370 e. The minimum Gasteiger partial charge on any atom is -0.370 e. The van der Waals surface area contributed by atoms with Crippen molar-refractivity contribution in [3.63, 3.8) is 0 Å². The molecule has 0 unspecified atom stereocenters. The molecule has 0 aliphatic heterocycles. The van der Waals surface area contributed by atoms with Crippen molar-refractivity contribution in [1.82, 2.24) is 0 Å². The molecule has 0 heterocycles. The van der Waals surface area contributed by atoms with E-state index >= 15 is 0 Å². The van der Waals surface area contributed by atoms with E-state index < -0.39 is 0 Å². The third-order valence-corrected chi connectivity index (χ3v) is 0.202. The fraction of sp³-hybridized carbons (Fsp3) is 0. The number of rotatable bonds is 1. The number of guanidine groups is 1. The Hall–Kier alpha value is -0.554. The van der Waals surface area contributed by atoms with Crippen LogP contribution >= 0.6 is 0 Å². The molecular weight excluding hydrogens is 141 g/mol. The fourth-order valence-electron chi connectivity index (χ4n) is 0.0609. The van der Waals surface area contributed by atoms with Gasteiger partial charge in [-0.3, -0.25) is 4.79 Å². The van der Waals surface area contributed by atoms with Gasteiger partial charge in [-0.2, -0.15) is 4.99 Å². The van der Waals surface area contributed by atoms with E-state index in [0.717, 1.165) is 0 Å². The Morgan fingerprint density at radius 3 is 2.00 bits per heavy atom. The van der Waals surface area contributed by atoms with E-state index in [-0.39, 0.29) is 29.1 Å². The monoisotopic (exact) mass is 146 g/mol. The van der Waals surface area contributed by atoms with Crippen LogP contribution in [0.4, 0.5) is 0 Å². The van der Waals surface area contributed by atoms with Crippen molar-refractivity contribution in [3.8, 4) is 0 Å². The predicted octanol–water partition coefficient (Wildman–Crippen LogP) is -1.59. The number of carbonyl (C=O) groups is 1. The van der Waals surface area contributed by atoms with Gasteiger partial charge in [0.25, 0.3) is 0 Å². The van der Waals surface area contributed by atoms with E-state index in [0.29, 0.717) is 0 Å². The first-order valence-corrected chi connectivity index (χ1v) is 1.29. The summed E-state index contributed by atoms with van der Waals surface area (Å²) in [5.74, 6) is -0.204. The van der Waals surface area contributed by atoms with Gasteiger partial charge in [-0.05, 0) is 0 Å². The summed E-state index contributed by atoms with van der Waals surface area (Å²) in [6.45, 7) is 0. The van der Waals surface area contributed by atoms with Crippen LogP contribution in [0.15, 0.2) is 4.99 Å². The first-order valence-electron chi connectivity index (χ1n) is 1.29. The van der Waals surface area contributed by atoms with Gasteiger partial charge in [-0.15, -0.1) is 0 Å².